The number of carbonyl (C=O) groups excluding carboxylic acids is 2. The van der Waals surface area contributed by atoms with Crippen molar-refractivity contribution in [3.63, 3.8) is 0 Å². The zero-order valence-corrected chi connectivity index (χ0v) is 13.4. The second kappa shape index (κ2) is 4.44. The third-order valence-corrected chi connectivity index (χ3v) is 7.29. The van der Waals surface area contributed by atoms with Crippen LogP contribution in [-0.2, 0) is 9.59 Å². The van der Waals surface area contributed by atoms with Crippen LogP contribution in [0.15, 0.2) is 11.6 Å². The van der Waals surface area contributed by atoms with Crippen molar-refractivity contribution in [2.45, 2.75) is 52.1 Å². The van der Waals surface area contributed by atoms with Gasteiger partial charge >= 0.3 is 0 Å². The van der Waals surface area contributed by atoms with E-state index in [1.165, 1.54) is 5.57 Å². The molecule has 4 nitrogen and oxygen atoms in total. The summed E-state index contributed by atoms with van der Waals surface area (Å²) in [7, 11) is 0. The molecule has 3 fully saturated rings. The molecule has 0 aromatic carbocycles. The van der Waals surface area contributed by atoms with Crippen molar-refractivity contribution in [1.82, 2.24) is 5.32 Å². The molecule has 0 spiro atoms. The first kappa shape index (κ1) is 14.4. The molecule has 1 heterocycles. The van der Waals surface area contributed by atoms with Crippen LogP contribution in [0, 0.1) is 28.6 Å². The number of hydrogen-bond acceptors (Lipinski definition) is 3. The highest BCUT2D eigenvalue weighted by Gasteiger charge is 2.62. The zero-order chi connectivity index (χ0) is 15.7. The van der Waals surface area contributed by atoms with Crippen LogP contribution < -0.4 is 5.32 Å². The second-order valence-electron chi connectivity index (χ2n) is 8.29. The molecule has 6 atom stereocenters. The Morgan fingerprint density at radius 3 is 2.77 bits per heavy atom. The van der Waals surface area contributed by atoms with Gasteiger partial charge < -0.3 is 10.4 Å². The van der Waals surface area contributed by atoms with Crippen LogP contribution in [0.3, 0.4) is 0 Å². The maximum Gasteiger partial charge on any atom is 0.226 e. The van der Waals surface area contributed by atoms with Crippen molar-refractivity contribution in [2.24, 2.45) is 28.6 Å². The van der Waals surface area contributed by atoms with E-state index in [2.05, 4.69) is 12.2 Å². The zero-order valence-electron chi connectivity index (χ0n) is 13.4. The molecule has 1 amide bonds. The Balaban J connectivity index is 1.75. The SMILES string of the molecule is C[C@]12CCC(=O)C=C1CCC1C2[C@@H](O)C[C@]2(C)C(=O)NCC12. The smallest absolute Gasteiger partial charge is 0.226 e. The van der Waals surface area contributed by atoms with Crippen LogP contribution in [0.4, 0.5) is 0 Å². The van der Waals surface area contributed by atoms with Gasteiger partial charge in [-0.05, 0) is 54.9 Å². The van der Waals surface area contributed by atoms with Gasteiger partial charge in [0.15, 0.2) is 5.78 Å². The average Bonchev–Trinajstić information content (AvgIpc) is 2.75. The van der Waals surface area contributed by atoms with E-state index < -0.39 is 11.5 Å². The Hall–Kier alpha value is -1.16. The first-order valence-electron chi connectivity index (χ1n) is 8.56. The minimum absolute atomic E-state index is 0.0663. The standard InChI is InChI=1S/C18H25NO3/c1-17-6-5-11(20)7-10(17)3-4-12-13-9-19-16(22)18(13,2)8-14(21)15(12)17/h7,12-15,21H,3-6,8-9H2,1-2H3,(H,19,22)/t12?,13?,14-,15?,17-,18-/m0/s1. The van der Waals surface area contributed by atoms with Gasteiger partial charge in [0, 0.05) is 13.0 Å². The molecule has 1 saturated heterocycles. The average molecular weight is 303 g/mol. The maximum atomic E-state index is 12.3. The number of hydrogen-bond donors (Lipinski definition) is 2. The van der Waals surface area contributed by atoms with Gasteiger partial charge in [-0.3, -0.25) is 9.59 Å². The largest absolute Gasteiger partial charge is 0.393 e. The molecule has 2 N–H and O–H groups in total. The molecular weight excluding hydrogens is 278 g/mol. The number of nitrogens with one attached hydrogen (secondary N) is 1. The third kappa shape index (κ3) is 1.67. The predicted octanol–water partition coefficient (Wildman–Crippen LogP) is 1.83. The lowest BCUT2D eigenvalue weighted by molar-refractivity contribution is -0.146. The molecule has 3 unspecified atom stereocenters. The topological polar surface area (TPSA) is 66.4 Å². The normalized spacial score (nSPS) is 50.6. The van der Waals surface area contributed by atoms with E-state index in [-0.39, 0.29) is 23.0 Å². The van der Waals surface area contributed by atoms with Gasteiger partial charge in [0.05, 0.1) is 11.5 Å². The molecule has 1 aliphatic heterocycles. The van der Waals surface area contributed by atoms with Crippen LogP contribution in [0.2, 0.25) is 0 Å². The van der Waals surface area contributed by atoms with E-state index in [0.29, 0.717) is 24.7 Å². The molecule has 4 heteroatoms. The fraction of sp³-hybridized carbons (Fsp3) is 0.778. The first-order chi connectivity index (χ1) is 10.4. The molecule has 3 aliphatic carbocycles. The number of aliphatic hydroxyl groups excluding tert-OH is 1. The van der Waals surface area contributed by atoms with Gasteiger partial charge in [-0.1, -0.05) is 19.4 Å². The summed E-state index contributed by atoms with van der Waals surface area (Å²) in [6, 6.07) is 0. The van der Waals surface area contributed by atoms with Gasteiger partial charge in [0.2, 0.25) is 5.91 Å². The predicted molar refractivity (Wildman–Crippen MR) is 81.9 cm³/mol. The maximum absolute atomic E-state index is 12.3. The van der Waals surface area contributed by atoms with E-state index in [4.69, 9.17) is 0 Å². The van der Waals surface area contributed by atoms with E-state index in [1.54, 1.807) is 0 Å². The van der Waals surface area contributed by atoms with Crippen LogP contribution in [0.1, 0.15) is 46.0 Å². The first-order valence-corrected chi connectivity index (χ1v) is 8.56. The lowest BCUT2D eigenvalue weighted by atomic mass is 9.46. The number of aliphatic hydroxyl groups is 1. The molecule has 22 heavy (non-hydrogen) atoms. The number of carbonyl (C=O) groups is 2. The molecule has 0 radical (unpaired) electrons. The third-order valence-electron chi connectivity index (χ3n) is 7.29. The van der Waals surface area contributed by atoms with Crippen molar-refractivity contribution >= 4 is 11.7 Å². The van der Waals surface area contributed by atoms with E-state index >= 15 is 0 Å². The molecular formula is C18H25NO3. The quantitative estimate of drug-likeness (QED) is 0.717. The lowest BCUT2D eigenvalue weighted by Gasteiger charge is -2.58. The van der Waals surface area contributed by atoms with Gasteiger partial charge in [-0.15, -0.1) is 0 Å². The Morgan fingerprint density at radius 2 is 2.00 bits per heavy atom. The van der Waals surface area contributed by atoms with Crippen LogP contribution >= 0.6 is 0 Å². The molecule has 120 valence electrons. The van der Waals surface area contributed by atoms with Crippen LogP contribution in [-0.4, -0.2) is 29.4 Å². The highest BCUT2D eigenvalue weighted by atomic mass is 16.3. The molecule has 4 rings (SSSR count). The van der Waals surface area contributed by atoms with Crippen molar-refractivity contribution in [2.75, 3.05) is 6.54 Å². The van der Waals surface area contributed by atoms with Gasteiger partial charge in [-0.2, -0.15) is 0 Å². The summed E-state index contributed by atoms with van der Waals surface area (Å²) in [6.07, 6.45) is 5.33. The number of allylic oxidation sites excluding steroid dienone is 2. The molecule has 0 aromatic heterocycles. The van der Waals surface area contributed by atoms with Gasteiger partial charge in [0.1, 0.15) is 0 Å². The van der Waals surface area contributed by atoms with E-state index in [9.17, 15) is 14.7 Å². The lowest BCUT2D eigenvalue weighted by Crippen LogP contribution is -2.57. The summed E-state index contributed by atoms with van der Waals surface area (Å²) in [6.45, 7) is 5.01. The Kier molecular flexibility index (Phi) is 2.91. The Morgan fingerprint density at radius 1 is 1.23 bits per heavy atom. The van der Waals surface area contributed by atoms with Gasteiger partial charge in [0.25, 0.3) is 0 Å². The summed E-state index contributed by atoms with van der Waals surface area (Å²) in [5.74, 6) is 1.23. The Bertz CT molecular complexity index is 583. The van der Waals surface area contributed by atoms with Crippen molar-refractivity contribution in [1.29, 1.82) is 0 Å². The minimum Gasteiger partial charge on any atom is -0.393 e. The second-order valence-corrected chi connectivity index (χ2v) is 8.29. The van der Waals surface area contributed by atoms with Crippen LogP contribution in [0.5, 0.6) is 0 Å². The molecule has 4 aliphatic rings. The van der Waals surface area contributed by atoms with E-state index in [0.717, 1.165) is 25.8 Å². The fourth-order valence-electron chi connectivity index (χ4n) is 6.08. The summed E-state index contributed by atoms with van der Waals surface area (Å²) >= 11 is 0. The summed E-state index contributed by atoms with van der Waals surface area (Å²) in [5.41, 5.74) is 0.760. The number of amides is 1. The van der Waals surface area contributed by atoms with Gasteiger partial charge in [-0.25, -0.2) is 0 Å². The minimum atomic E-state index is -0.447. The molecule has 2 saturated carbocycles. The highest BCUT2D eigenvalue weighted by molar-refractivity contribution is 5.91. The summed E-state index contributed by atoms with van der Waals surface area (Å²) in [5, 5.41) is 13.9. The van der Waals surface area contributed by atoms with Crippen molar-refractivity contribution in [3.8, 4) is 0 Å². The molecule has 0 bridgehead atoms. The van der Waals surface area contributed by atoms with Crippen molar-refractivity contribution < 1.29 is 14.7 Å². The monoisotopic (exact) mass is 303 g/mol. The highest BCUT2D eigenvalue weighted by Crippen LogP contribution is 2.62. The summed E-state index contributed by atoms with van der Waals surface area (Å²) in [4.78, 5) is 24.1. The fourth-order valence-corrected chi connectivity index (χ4v) is 6.08. The van der Waals surface area contributed by atoms with Crippen LogP contribution in [0.25, 0.3) is 0 Å². The van der Waals surface area contributed by atoms with E-state index in [1.807, 2.05) is 13.0 Å². The summed E-state index contributed by atoms with van der Waals surface area (Å²) < 4.78 is 0. The number of rotatable bonds is 0. The number of ketones is 1. The Labute approximate surface area is 131 Å². The molecule has 0 aromatic rings. The van der Waals surface area contributed by atoms with Crippen molar-refractivity contribution in [3.05, 3.63) is 11.6 Å². The number of fused-ring (bicyclic) bond motifs is 5.